The fourth-order valence-corrected chi connectivity index (χ4v) is 2.91. The lowest BCUT2D eigenvalue weighted by Crippen LogP contribution is -2.54. The van der Waals surface area contributed by atoms with Crippen LogP contribution in [-0.4, -0.2) is 39.5 Å². The third kappa shape index (κ3) is 4.59. The summed E-state index contributed by atoms with van der Waals surface area (Å²) in [6, 6.07) is 0. The van der Waals surface area contributed by atoms with E-state index in [0.29, 0.717) is 19.8 Å². The van der Waals surface area contributed by atoms with E-state index in [1.54, 1.807) is 0 Å². The number of hydrogen-bond donors (Lipinski definition) is 0. The number of esters is 1. The van der Waals surface area contributed by atoms with E-state index < -0.39 is 23.0 Å². The summed E-state index contributed by atoms with van der Waals surface area (Å²) in [5.74, 6) is -0.390. The number of rotatable bonds is 11. The van der Waals surface area contributed by atoms with E-state index in [9.17, 15) is 19.2 Å². The van der Waals surface area contributed by atoms with Crippen LogP contribution in [0.3, 0.4) is 0 Å². The lowest BCUT2D eigenvalue weighted by Gasteiger charge is -2.39. The molecule has 0 bridgehead atoms. The van der Waals surface area contributed by atoms with Crippen molar-refractivity contribution in [3.63, 3.8) is 0 Å². The van der Waals surface area contributed by atoms with E-state index in [1.807, 2.05) is 6.92 Å². The van der Waals surface area contributed by atoms with Gasteiger partial charge in [-0.25, -0.2) is 28.1 Å². The quantitative estimate of drug-likeness (QED) is 0.396. The summed E-state index contributed by atoms with van der Waals surface area (Å²) >= 11 is 0. The molecule has 154 valence electrons. The zero-order valence-corrected chi connectivity index (χ0v) is 16.2. The van der Waals surface area contributed by atoms with E-state index in [-0.39, 0.29) is 37.9 Å². The van der Waals surface area contributed by atoms with Crippen LogP contribution in [0, 0.1) is 5.41 Å². The molecule has 0 radical (unpaired) electrons. The normalized spacial score (nSPS) is 14.9. The summed E-state index contributed by atoms with van der Waals surface area (Å²) in [7, 11) is 0. The summed E-state index contributed by atoms with van der Waals surface area (Å²) < 4.78 is 13.3. The number of aromatic nitrogens is 3. The van der Waals surface area contributed by atoms with Crippen molar-refractivity contribution >= 4 is 5.97 Å². The zero-order valence-electron chi connectivity index (χ0n) is 16.2. The molecular formula is C19H27N3O6. The third-order valence-corrected chi connectivity index (χ3v) is 4.88. The highest BCUT2D eigenvalue weighted by Crippen LogP contribution is 2.31. The van der Waals surface area contributed by atoms with Crippen molar-refractivity contribution in [3.05, 3.63) is 56.8 Å². The molecule has 0 atom stereocenters. The Kier molecular flexibility index (Phi) is 7.33. The molecule has 0 aromatic carbocycles. The minimum absolute atomic E-state index is 0.00334. The van der Waals surface area contributed by atoms with Gasteiger partial charge in [0.2, 0.25) is 0 Å². The Hall–Kier alpha value is -2.68. The van der Waals surface area contributed by atoms with Crippen molar-refractivity contribution in [1.82, 2.24) is 13.7 Å². The molecule has 1 aliphatic rings. The Morgan fingerprint density at radius 1 is 1.07 bits per heavy atom. The standard InChI is InChI=1S/C19H27N3O6/c1-4-9-20-16(24)21(10-5-2)18(26)22(17(20)25)11-7-8-15(23)28-14-19(6-3)12-27-13-19/h4-5H,1-2,6-14H2,3H3. The van der Waals surface area contributed by atoms with Crippen LogP contribution in [0.4, 0.5) is 0 Å². The first-order valence-electron chi connectivity index (χ1n) is 9.28. The molecule has 0 N–H and O–H groups in total. The number of ether oxygens (including phenoxy) is 2. The molecule has 1 aromatic rings. The minimum Gasteiger partial charge on any atom is -0.465 e. The molecule has 28 heavy (non-hydrogen) atoms. The second-order valence-corrected chi connectivity index (χ2v) is 6.91. The fraction of sp³-hybridized carbons (Fsp3) is 0.579. The van der Waals surface area contributed by atoms with Gasteiger partial charge in [-0.05, 0) is 12.8 Å². The molecule has 1 aromatic heterocycles. The lowest BCUT2D eigenvalue weighted by molar-refractivity contribution is -0.170. The zero-order chi connectivity index (χ0) is 20.7. The Bertz CT molecular complexity index is 850. The van der Waals surface area contributed by atoms with Crippen LogP contribution < -0.4 is 17.1 Å². The summed E-state index contributed by atoms with van der Waals surface area (Å²) in [6.07, 6.45) is 3.98. The highest BCUT2D eigenvalue weighted by Gasteiger charge is 2.38. The Morgan fingerprint density at radius 3 is 2.04 bits per heavy atom. The molecule has 2 heterocycles. The number of allylic oxidation sites excluding steroid dienone is 2. The van der Waals surface area contributed by atoms with Crippen molar-refractivity contribution in [2.45, 2.75) is 45.8 Å². The molecule has 9 nitrogen and oxygen atoms in total. The van der Waals surface area contributed by atoms with Crippen molar-refractivity contribution in [1.29, 1.82) is 0 Å². The predicted octanol–water partition coefficient (Wildman–Crippen LogP) is 0.294. The Balaban J connectivity index is 2.06. The predicted molar refractivity (Wildman–Crippen MR) is 103 cm³/mol. The molecule has 1 aliphatic heterocycles. The van der Waals surface area contributed by atoms with E-state index >= 15 is 0 Å². The maximum absolute atomic E-state index is 12.5. The largest absolute Gasteiger partial charge is 0.465 e. The first-order valence-corrected chi connectivity index (χ1v) is 9.28. The maximum atomic E-state index is 12.5. The van der Waals surface area contributed by atoms with E-state index in [0.717, 1.165) is 20.1 Å². The van der Waals surface area contributed by atoms with Gasteiger partial charge in [-0.3, -0.25) is 4.79 Å². The molecular weight excluding hydrogens is 366 g/mol. The van der Waals surface area contributed by atoms with Crippen LogP contribution in [0.25, 0.3) is 0 Å². The Morgan fingerprint density at radius 2 is 1.61 bits per heavy atom. The molecule has 0 amide bonds. The van der Waals surface area contributed by atoms with E-state index in [4.69, 9.17) is 9.47 Å². The van der Waals surface area contributed by atoms with Gasteiger partial charge in [0.05, 0.1) is 31.7 Å². The van der Waals surface area contributed by atoms with Gasteiger partial charge >= 0.3 is 23.0 Å². The summed E-state index contributed by atoms with van der Waals surface area (Å²) in [6.45, 7) is 10.5. The number of carbonyl (C=O) groups is 1. The summed E-state index contributed by atoms with van der Waals surface area (Å²) in [5, 5.41) is 0. The third-order valence-electron chi connectivity index (χ3n) is 4.88. The monoisotopic (exact) mass is 393 g/mol. The highest BCUT2D eigenvalue weighted by atomic mass is 16.5. The van der Waals surface area contributed by atoms with Crippen molar-refractivity contribution in [2.75, 3.05) is 19.8 Å². The van der Waals surface area contributed by atoms with Gasteiger partial charge in [0.1, 0.15) is 6.61 Å². The first-order chi connectivity index (χ1) is 13.4. The maximum Gasteiger partial charge on any atom is 0.336 e. The van der Waals surface area contributed by atoms with Gasteiger partial charge in [-0.2, -0.15) is 0 Å². The van der Waals surface area contributed by atoms with Crippen LogP contribution in [0.2, 0.25) is 0 Å². The van der Waals surface area contributed by atoms with Gasteiger partial charge in [-0.1, -0.05) is 19.1 Å². The SMILES string of the molecule is C=CCn1c(=O)n(CC=C)c(=O)n(CCCC(=O)OCC2(CC)COC2)c1=O. The highest BCUT2D eigenvalue weighted by molar-refractivity contribution is 5.69. The van der Waals surface area contributed by atoms with Crippen molar-refractivity contribution < 1.29 is 14.3 Å². The molecule has 0 aliphatic carbocycles. The topological polar surface area (TPSA) is 102 Å². The number of hydrogen-bond acceptors (Lipinski definition) is 6. The van der Waals surface area contributed by atoms with Gasteiger partial charge in [0.15, 0.2) is 0 Å². The molecule has 0 saturated carbocycles. The second kappa shape index (κ2) is 9.50. The van der Waals surface area contributed by atoms with Crippen LogP contribution in [0.1, 0.15) is 26.2 Å². The molecule has 0 spiro atoms. The van der Waals surface area contributed by atoms with E-state index in [2.05, 4.69) is 13.2 Å². The van der Waals surface area contributed by atoms with Gasteiger partial charge in [-0.15, -0.1) is 13.2 Å². The van der Waals surface area contributed by atoms with Gasteiger partial charge in [0.25, 0.3) is 0 Å². The second-order valence-electron chi connectivity index (χ2n) is 6.91. The van der Waals surface area contributed by atoms with Crippen molar-refractivity contribution in [3.8, 4) is 0 Å². The number of carbonyl (C=O) groups excluding carboxylic acids is 1. The molecule has 0 unspecified atom stereocenters. The average molecular weight is 393 g/mol. The molecule has 1 fully saturated rings. The Labute approximate surface area is 162 Å². The van der Waals surface area contributed by atoms with Crippen molar-refractivity contribution in [2.24, 2.45) is 5.41 Å². The van der Waals surface area contributed by atoms with Crippen LogP contribution in [-0.2, 0) is 33.9 Å². The van der Waals surface area contributed by atoms with Gasteiger partial charge < -0.3 is 9.47 Å². The van der Waals surface area contributed by atoms with Crippen LogP contribution in [0.15, 0.2) is 39.7 Å². The van der Waals surface area contributed by atoms with E-state index in [1.165, 1.54) is 12.2 Å². The minimum atomic E-state index is -0.722. The molecule has 9 heteroatoms. The molecule has 2 rings (SSSR count). The lowest BCUT2D eigenvalue weighted by atomic mass is 9.84. The van der Waals surface area contributed by atoms with Crippen LogP contribution in [0.5, 0.6) is 0 Å². The first kappa shape index (κ1) is 21.6. The average Bonchev–Trinajstić information content (AvgIpc) is 2.64. The fourth-order valence-electron chi connectivity index (χ4n) is 2.91. The summed E-state index contributed by atoms with van der Waals surface area (Å²) in [5.41, 5.74) is -2.25. The number of nitrogens with zero attached hydrogens (tertiary/aromatic N) is 3. The van der Waals surface area contributed by atoms with Gasteiger partial charge in [0, 0.05) is 13.0 Å². The van der Waals surface area contributed by atoms with Crippen LogP contribution >= 0.6 is 0 Å². The summed E-state index contributed by atoms with van der Waals surface area (Å²) in [4.78, 5) is 49.3. The smallest absolute Gasteiger partial charge is 0.336 e. The molecule has 1 saturated heterocycles.